The van der Waals surface area contributed by atoms with Crippen LogP contribution in [0.15, 0.2) is 24.4 Å². The van der Waals surface area contributed by atoms with Gasteiger partial charge in [-0.1, -0.05) is 19.4 Å². The number of hydrogen-bond donors (Lipinski definition) is 2. The molecule has 6 nitrogen and oxygen atoms in total. The minimum Gasteiger partial charge on any atom is -0.481 e. The number of carboxylic acid groups (broad SMARTS) is 1. The third kappa shape index (κ3) is 5.81. The Morgan fingerprint density at radius 1 is 1.38 bits per heavy atom. The van der Waals surface area contributed by atoms with Crippen LogP contribution >= 0.6 is 0 Å². The number of carbonyl (C=O) groups excluding carboxylic acids is 1. The number of hydrogen-bond acceptors (Lipinski definition) is 3. The van der Waals surface area contributed by atoms with Gasteiger partial charge in [0, 0.05) is 19.3 Å². The number of nitrogens with zero attached hydrogens (tertiary/aromatic N) is 2. The van der Waals surface area contributed by atoms with E-state index in [0.29, 0.717) is 19.5 Å². The van der Waals surface area contributed by atoms with E-state index in [0.717, 1.165) is 12.1 Å². The van der Waals surface area contributed by atoms with E-state index < -0.39 is 11.9 Å². The number of nitrogens with one attached hydrogen (secondary N) is 1. The second-order valence-corrected chi connectivity index (χ2v) is 4.85. The Labute approximate surface area is 125 Å². The van der Waals surface area contributed by atoms with E-state index in [4.69, 9.17) is 5.11 Å². The van der Waals surface area contributed by atoms with Crippen molar-refractivity contribution >= 4 is 12.0 Å². The molecule has 0 aromatic carbocycles. The van der Waals surface area contributed by atoms with Crippen molar-refractivity contribution in [1.29, 1.82) is 0 Å². The number of pyridine rings is 1. The van der Waals surface area contributed by atoms with Crippen molar-refractivity contribution in [3.63, 3.8) is 0 Å². The summed E-state index contributed by atoms with van der Waals surface area (Å²) in [6.07, 6.45) is 3.02. The zero-order chi connectivity index (χ0) is 15.7. The van der Waals surface area contributed by atoms with Gasteiger partial charge in [-0.05, 0) is 25.5 Å². The van der Waals surface area contributed by atoms with E-state index >= 15 is 0 Å². The highest BCUT2D eigenvalue weighted by Crippen LogP contribution is 2.06. The lowest BCUT2D eigenvalue weighted by Crippen LogP contribution is -2.42. The first kappa shape index (κ1) is 16.9. The van der Waals surface area contributed by atoms with Crippen LogP contribution in [0.2, 0.25) is 0 Å². The summed E-state index contributed by atoms with van der Waals surface area (Å²) in [6, 6.07) is 5.29. The van der Waals surface area contributed by atoms with Crippen LogP contribution < -0.4 is 5.32 Å². The van der Waals surface area contributed by atoms with E-state index in [1.54, 1.807) is 11.1 Å². The molecule has 1 unspecified atom stereocenters. The fourth-order valence-electron chi connectivity index (χ4n) is 2.00. The predicted octanol–water partition coefficient (Wildman–Crippen LogP) is 2.11. The fraction of sp³-hybridized carbons (Fsp3) is 0.533. The topological polar surface area (TPSA) is 82.5 Å². The van der Waals surface area contributed by atoms with Gasteiger partial charge in [0.2, 0.25) is 0 Å². The van der Waals surface area contributed by atoms with Crippen LogP contribution in [0.25, 0.3) is 0 Å². The van der Waals surface area contributed by atoms with Crippen molar-refractivity contribution in [2.45, 2.75) is 33.2 Å². The van der Waals surface area contributed by atoms with Crippen LogP contribution in [-0.2, 0) is 11.3 Å². The highest BCUT2D eigenvalue weighted by atomic mass is 16.4. The highest BCUT2D eigenvalue weighted by Gasteiger charge is 2.19. The fourth-order valence-corrected chi connectivity index (χ4v) is 2.00. The Morgan fingerprint density at radius 2 is 2.14 bits per heavy atom. The van der Waals surface area contributed by atoms with Crippen molar-refractivity contribution in [3.8, 4) is 0 Å². The maximum Gasteiger partial charge on any atom is 0.317 e. The van der Waals surface area contributed by atoms with Gasteiger partial charge in [0.05, 0.1) is 18.2 Å². The summed E-state index contributed by atoms with van der Waals surface area (Å²) >= 11 is 0. The Bertz CT molecular complexity index is 451. The molecule has 0 radical (unpaired) electrons. The molecule has 0 bridgehead atoms. The standard InChI is InChI=1S/C15H23N3O3/c1-3-7-12(14(19)20)10-17-15(21)18(4-2)11-13-8-5-6-9-16-13/h5-6,8-9,12H,3-4,7,10-11H2,1-2H3,(H,17,21)(H,19,20). The zero-order valence-corrected chi connectivity index (χ0v) is 12.6. The molecule has 21 heavy (non-hydrogen) atoms. The summed E-state index contributed by atoms with van der Waals surface area (Å²) in [6.45, 7) is 4.91. The van der Waals surface area contributed by atoms with Gasteiger partial charge in [-0.15, -0.1) is 0 Å². The summed E-state index contributed by atoms with van der Waals surface area (Å²) in [5.41, 5.74) is 0.804. The molecular formula is C15H23N3O3. The molecule has 1 rings (SSSR count). The second kappa shape index (κ2) is 8.94. The van der Waals surface area contributed by atoms with E-state index in [2.05, 4.69) is 10.3 Å². The quantitative estimate of drug-likeness (QED) is 0.769. The van der Waals surface area contributed by atoms with Gasteiger partial charge in [-0.25, -0.2) is 4.79 Å². The van der Waals surface area contributed by atoms with Gasteiger partial charge in [-0.3, -0.25) is 9.78 Å². The molecule has 6 heteroatoms. The molecule has 0 spiro atoms. The molecule has 0 aliphatic carbocycles. The number of urea groups is 1. The van der Waals surface area contributed by atoms with Gasteiger partial charge in [-0.2, -0.15) is 0 Å². The van der Waals surface area contributed by atoms with Crippen LogP contribution in [0, 0.1) is 5.92 Å². The summed E-state index contributed by atoms with van der Waals surface area (Å²) in [5, 5.41) is 11.8. The Morgan fingerprint density at radius 3 is 2.67 bits per heavy atom. The molecule has 2 N–H and O–H groups in total. The lowest BCUT2D eigenvalue weighted by molar-refractivity contribution is -0.141. The number of carbonyl (C=O) groups is 2. The minimum atomic E-state index is -0.870. The van der Waals surface area contributed by atoms with Crippen LogP contribution in [0.1, 0.15) is 32.4 Å². The zero-order valence-electron chi connectivity index (χ0n) is 12.6. The Hall–Kier alpha value is -2.11. The first-order valence-electron chi connectivity index (χ1n) is 7.23. The first-order valence-corrected chi connectivity index (χ1v) is 7.23. The molecule has 116 valence electrons. The van der Waals surface area contributed by atoms with Crippen LogP contribution in [-0.4, -0.2) is 40.1 Å². The highest BCUT2D eigenvalue weighted by molar-refractivity contribution is 5.76. The maximum atomic E-state index is 12.1. The Kier molecular flexibility index (Phi) is 7.21. The maximum absolute atomic E-state index is 12.1. The third-order valence-corrected chi connectivity index (χ3v) is 3.23. The smallest absolute Gasteiger partial charge is 0.317 e. The van der Waals surface area contributed by atoms with Crippen molar-refractivity contribution < 1.29 is 14.7 Å². The lowest BCUT2D eigenvalue weighted by Gasteiger charge is -2.22. The van der Waals surface area contributed by atoms with Crippen molar-refractivity contribution in [1.82, 2.24) is 15.2 Å². The molecule has 0 fully saturated rings. The van der Waals surface area contributed by atoms with Crippen molar-refractivity contribution in [3.05, 3.63) is 30.1 Å². The van der Waals surface area contributed by atoms with Crippen LogP contribution in [0.5, 0.6) is 0 Å². The normalized spacial score (nSPS) is 11.7. The average Bonchev–Trinajstić information content (AvgIpc) is 2.49. The molecule has 2 amide bonds. The third-order valence-electron chi connectivity index (χ3n) is 3.23. The van der Waals surface area contributed by atoms with E-state index in [-0.39, 0.29) is 12.6 Å². The van der Waals surface area contributed by atoms with Crippen molar-refractivity contribution in [2.75, 3.05) is 13.1 Å². The molecule has 1 aromatic rings. The van der Waals surface area contributed by atoms with Crippen LogP contribution in [0.3, 0.4) is 0 Å². The SMILES string of the molecule is CCCC(CNC(=O)N(CC)Cc1ccccn1)C(=O)O. The van der Waals surface area contributed by atoms with Gasteiger partial charge in [0.25, 0.3) is 0 Å². The summed E-state index contributed by atoms with van der Waals surface area (Å²) in [4.78, 5) is 29.0. The van der Waals surface area contributed by atoms with Gasteiger partial charge in [0.15, 0.2) is 0 Å². The van der Waals surface area contributed by atoms with E-state index in [1.807, 2.05) is 32.0 Å². The average molecular weight is 293 g/mol. The van der Waals surface area contributed by atoms with Crippen LogP contribution in [0.4, 0.5) is 4.79 Å². The van der Waals surface area contributed by atoms with E-state index in [9.17, 15) is 9.59 Å². The molecule has 0 aliphatic heterocycles. The largest absolute Gasteiger partial charge is 0.481 e. The van der Waals surface area contributed by atoms with Gasteiger partial charge < -0.3 is 15.3 Å². The molecule has 1 atom stereocenters. The Balaban J connectivity index is 2.53. The van der Waals surface area contributed by atoms with Gasteiger partial charge in [0.1, 0.15) is 0 Å². The van der Waals surface area contributed by atoms with Gasteiger partial charge >= 0.3 is 12.0 Å². The first-order chi connectivity index (χ1) is 10.1. The number of aromatic nitrogens is 1. The molecular weight excluding hydrogens is 270 g/mol. The minimum absolute atomic E-state index is 0.153. The lowest BCUT2D eigenvalue weighted by atomic mass is 10.0. The number of aliphatic carboxylic acids is 1. The number of amides is 2. The molecule has 1 heterocycles. The molecule has 0 aliphatic rings. The van der Waals surface area contributed by atoms with Crippen molar-refractivity contribution in [2.24, 2.45) is 5.92 Å². The summed E-state index contributed by atoms with van der Waals surface area (Å²) in [7, 11) is 0. The number of carboxylic acids is 1. The second-order valence-electron chi connectivity index (χ2n) is 4.85. The molecule has 1 aromatic heterocycles. The number of rotatable bonds is 8. The predicted molar refractivity (Wildman–Crippen MR) is 79.8 cm³/mol. The monoisotopic (exact) mass is 293 g/mol. The van der Waals surface area contributed by atoms with E-state index in [1.165, 1.54) is 0 Å². The molecule has 0 saturated heterocycles. The summed E-state index contributed by atoms with van der Waals surface area (Å²) < 4.78 is 0. The molecule has 0 saturated carbocycles. The summed E-state index contributed by atoms with van der Waals surface area (Å²) in [5.74, 6) is -1.41.